The second-order valence-electron chi connectivity index (χ2n) is 6.28. The second kappa shape index (κ2) is 5.02. The van der Waals surface area contributed by atoms with Gasteiger partial charge >= 0.3 is 12.1 Å². The van der Waals surface area contributed by atoms with Crippen molar-refractivity contribution in [2.75, 3.05) is 6.61 Å². The summed E-state index contributed by atoms with van der Waals surface area (Å²) in [6.07, 6.45) is 2.24. The Hall–Kier alpha value is -1.26. The molecule has 1 amide bonds. The highest BCUT2D eigenvalue weighted by Crippen LogP contribution is 2.42. The van der Waals surface area contributed by atoms with Gasteiger partial charge in [-0.2, -0.15) is 0 Å². The molecule has 0 radical (unpaired) electrons. The van der Waals surface area contributed by atoms with E-state index in [9.17, 15) is 9.59 Å². The van der Waals surface area contributed by atoms with Crippen molar-refractivity contribution < 1.29 is 19.1 Å². The van der Waals surface area contributed by atoms with Crippen LogP contribution in [-0.2, 0) is 14.3 Å². The quantitative estimate of drug-likeness (QED) is 0.722. The molecular weight excluding hydrogens is 246 g/mol. The van der Waals surface area contributed by atoms with Gasteiger partial charge < -0.3 is 14.4 Å². The molecule has 0 aromatic carbocycles. The van der Waals surface area contributed by atoms with Crippen molar-refractivity contribution in [3.63, 3.8) is 0 Å². The molecule has 0 aromatic rings. The van der Waals surface area contributed by atoms with Gasteiger partial charge in [0, 0.05) is 12.1 Å². The topological polar surface area (TPSA) is 55.8 Å². The van der Waals surface area contributed by atoms with E-state index in [0.717, 1.165) is 12.8 Å². The van der Waals surface area contributed by atoms with Crippen LogP contribution >= 0.6 is 0 Å². The zero-order valence-electron chi connectivity index (χ0n) is 12.1. The van der Waals surface area contributed by atoms with E-state index in [-0.39, 0.29) is 30.1 Å². The van der Waals surface area contributed by atoms with E-state index in [0.29, 0.717) is 13.0 Å². The first-order chi connectivity index (χ1) is 8.83. The van der Waals surface area contributed by atoms with Gasteiger partial charge in [-0.15, -0.1) is 0 Å². The fourth-order valence-corrected chi connectivity index (χ4v) is 3.09. The van der Waals surface area contributed by atoms with Crippen LogP contribution < -0.4 is 0 Å². The molecule has 2 bridgehead atoms. The predicted molar refractivity (Wildman–Crippen MR) is 69.6 cm³/mol. The van der Waals surface area contributed by atoms with Gasteiger partial charge in [-0.05, 0) is 47.0 Å². The third kappa shape index (κ3) is 2.85. The summed E-state index contributed by atoms with van der Waals surface area (Å²) >= 11 is 0. The Kier molecular flexibility index (Phi) is 3.74. The predicted octanol–water partition coefficient (Wildman–Crippen LogP) is 2.34. The van der Waals surface area contributed by atoms with Crippen molar-refractivity contribution in [1.29, 1.82) is 0 Å². The van der Waals surface area contributed by atoms with Crippen LogP contribution in [0, 0.1) is 5.92 Å². The SMILES string of the molecule is CCOC(=O)[C@H]1C[C@@H]2CC[C@@H]1N2C(=O)OC(C)(C)C. The Morgan fingerprint density at radius 1 is 1.26 bits per heavy atom. The Labute approximate surface area is 114 Å². The van der Waals surface area contributed by atoms with E-state index in [2.05, 4.69) is 0 Å². The lowest BCUT2D eigenvalue weighted by Gasteiger charge is -2.28. The highest BCUT2D eigenvalue weighted by Gasteiger charge is 2.52. The van der Waals surface area contributed by atoms with Gasteiger partial charge in [0.15, 0.2) is 0 Å². The molecule has 2 aliphatic rings. The number of fused-ring (bicyclic) bond motifs is 2. The molecule has 2 heterocycles. The maximum Gasteiger partial charge on any atom is 0.410 e. The van der Waals surface area contributed by atoms with Crippen LogP contribution in [0.4, 0.5) is 4.79 Å². The van der Waals surface area contributed by atoms with Gasteiger partial charge in [-0.25, -0.2) is 4.79 Å². The molecule has 0 N–H and O–H groups in total. The third-order valence-corrected chi connectivity index (χ3v) is 3.73. The molecule has 0 unspecified atom stereocenters. The third-order valence-electron chi connectivity index (χ3n) is 3.73. The van der Waals surface area contributed by atoms with Gasteiger partial charge in [0.05, 0.1) is 12.5 Å². The van der Waals surface area contributed by atoms with Gasteiger partial charge in [-0.1, -0.05) is 0 Å². The summed E-state index contributed by atoms with van der Waals surface area (Å²) in [5.74, 6) is -0.352. The van der Waals surface area contributed by atoms with Crippen LogP contribution in [0.3, 0.4) is 0 Å². The number of ether oxygens (including phenoxy) is 2. The molecule has 0 aromatic heterocycles. The summed E-state index contributed by atoms with van der Waals surface area (Å²) in [5.41, 5.74) is -0.501. The maximum atomic E-state index is 12.2. The molecule has 5 nitrogen and oxygen atoms in total. The molecule has 5 heteroatoms. The highest BCUT2D eigenvalue weighted by molar-refractivity contribution is 5.77. The summed E-state index contributed by atoms with van der Waals surface area (Å²) in [7, 11) is 0. The lowest BCUT2D eigenvalue weighted by molar-refractivity contribution is -0.148. The maximum absolute atomic E-state index is 12.2. The number of hydrogen-bond acceptors (Lipinski definition) is 4. The fraction of sp³-hybridized carbons (Fsp3) is 0.857. The van der Waals surface area contributed by atoms with Crippen LogP contribution in [0.2, 0.25) is 0 Å². The number of nitrogens with zero attached hydrogens (tertiary/aromatic N) is 1. The summed E-state index contributed by atoms with van der Waals surface area (Å²) in [4.78, 5) is 25.8. The summed E-state index contributed by atoms with van der Waals surface area (Å²) < 4.78 is 10.5. The number of hydrogen-bond donors (Lipinski definition) is 0. The molecule has 0 aliphatic carbocycles. The minimum Gasteiger partial charge on any atom is -0.466 e. The number of esters is 1. The van der Waals surface area contributed by atoms with Crippen LogP contribution in [0.1, 0.15) is 47.0 Å². The van der Waals surface area contributed by atoms with E-state index in [1.165, 1.54) is 0 Å². The Balaban J connectivity index is 2.04. The minimum atomic E-state index is -0.501. The smallest absolute Gasteiger partial charge is 0.410 e. The number of carbonyl (C=O) groups is 2. The van der Waals surface area contributed by atoms with Crippen molar-refractivity contribution in [2.24, 2.45) is 5.92 Å². The lowest BCUT2D eigenvalue weighted by Crippen LogP contribution is -2.41. The molecular formula is C14H23NO4. The Morgan fingerprint density at radius 2 is 1.95 bits per heavy atom. The number of carbonyl (C=O) groups excluding carboxylic acids is 2. The van der Waals surface area contributed by atoms with E-state index < -0.39 is 5.60 Å². The summed E-state index contributed by atoms with van der Waals surface area (Å²) in [6.45, 7) is 7.75. The monoisotopic (exact) mass is 269 g/mol. The van der Waals surface area contributed by atoms with E-state index in [4.69, 9.17) is 9.47 Å². The Bertz CT molecular complexity index is 374. The van der Waals surface area contributed by atoms with Crippen LogP contribution in [-0.4, -0.2) is 41.3 Å². The normalized spacial score (nSPS) is 29.5. The van der Waals surface area contributed by atoms with E-state index in [1.807, 2.05) is 20.8 Å². The van der Waals surface area contributed by atoms with Crippen LogP contribution in [0.15, 0.2) is 0 Å². The van der Waals surface area contributed by atoms with E-state index >= 15 is 0 Å². The van der Waals surface area contributed by atoms with Crippen molar-refractivity contribution >= 4 is 12.1 Å². The van der Waals surface area contributed by atoms with Gasteiger partial charge in [0.25, 0.3) is 0 Å². The van der Waals surface area contributed by atoms with Gasteiger partial charge in [0.1, 0.15) is 5.60 Å². The Morgan fingerprint density at radius 3 is 2.53 bits per heavy atom. The van der Waals surface area contributed by atoms with Crippen LogP contribution in [0.5, 0.6) is 0 Å². The van der Waals surface area contributed by atoms with Crippen LogP contribution in [0.25, 0.3) is 0 Å². The molecule has 2 saturated heterocycles. The second-order valence-corrected chi connectivity index (χ2v) is 6.28. The highest BCUT2D eigenvalue weighted by atomic mass is 16.6. The average molecular weight is 269 g/mol. The zero-order valence-corrected chi connectivity index (χ0v) is 12.1. The molecule has 19 heavy (non-hydrogen) atoms. The minimum absolute atomic E-state index is 0.0427. The molecule has 0 saturated carbocycles. The summed E-state index contributed by atoms with van der Waals surface area (Å²) in [6, 6.07) is 0.0909. The lowest BCUT2D eigenvalue weighted by atomic mass is 9.89. The van der Waals surface area contributed by atoms with Crippen molar-refractivity contribution in [3.05, 3.63) is 0 Å². The fourth-order valence-electron chi connectivity index (χ4n) is 3.09. The number of amides is 1. The first-order valence-electron chi connectivity index (χ1n) is 7.01. The van der Waals surface area contributed by atoms with Crippen molar-refractivity contribution in [2.45, 2.75) is 64.6 Å². The molecule has 108 valence electrons. The first-order valence-corrected chi connectivity index (χ1v) is 7.01. The molecule has 2 aliphatic heterocycles. The molecule has 0 spiro atoms. The van der Waals surface area contributed by atoms with Gasteiger partial charge in [-0.3, -0.25) is 4.79 Å². The number of rotatable bonds is 2. The average Bonchev–Trinajstić information content (AvgIpc) is 2.83. The largest absolute Gasteiger partial charge is 0.466 e. The van der Waals surface area contributed by atoms with Crippen molar-refractivity contribution in [3.8, 4) is 0 Å². The molecule has 2 rings (SSSR count). The summed E-state index contributed by atoms with van der Waals surface area (Å²) in [5, 5.41) is 0. The van der Waals surface area contributed by atoms with Gasteiger partial charge in [0.2, 0.25) is 0 Å². The zero-order chi connectivity index (χ0) is 14.2. The van der Waals surface area contributed by atoms with E-state index in [1.54, 1.807) is 11.8 Å². The standard InChI is InChI=1S/C14H23NO4/c1-5-18-12(16)10-8-9-6-7-11(10)15(9)13(17)19-14(2,3)4/h9-11H,5-8H2,1-4H3/t9-,10-,11-/m0/s1. The first kappa shape index (κ1) is 14.2. The van der Waals surface area contributed by atoms with Crippen molar-refractivity contribution in [1.82, 2.24) is 4.90 Å². The molecule has 2 fully saturated rings. The molecule has 3 atom stereocenters.